The van der Waals surface area contributed by atoms with Crippen LogP contribution < -0.4 is 5.32 Å². The third-order valence-electron chi connectivity index (χ3n) is 4.09. The number of hydrogen-bond donors (Lipinski definition) is 2. The first-order valence-corrected chi connectivity index (χ1v) is 7.63. The number of carbonyl (C=O) groups is 1. The molecule has 1 atom stereocenters. The summed E-state index contributed by atoms with van der Waals surface area (Å²) in [4.78, 5) is 18.2. The first-order chi connectivity index (χ1) is 10.1. The lowest BCUT2D eigenvalue weighted by molar-refractivity contribution is -0.124. The number of nitrogens with zero attached hydrogens (tertiary/aromatic N) is 2. The second-order valence-corrected chi connectivity index (χ2v) is 6.00. The van der Waals surface area contributed by atoms with Crippen LogP contribution in [0.2, 0.25) is 0 Å². The second-order valence-electron chi connectivity index (χ2n) is 6.00. The zero-order valence-electron chi connectivity index (χ0n) is 12.8. The summed E-state index contributed by atoms with van der Waals surface area (Å²) in [5, 5.41) is 12.5. The molecule has 1 aromatic heterocycles. The molecule has 0 aromatic carbocycles. The van der Waals surface area contributed by atoms with Gasteiger partial charge in [0, 0.05) is 25.0 Å². The van der Waals surface area contributed by atoms with Gasteiger partial charge in [-0.2, -0.15) is 0 Å². The fourth-order valence-corrected chi connectivity index (χ4v) is 2.87. The van der Waals surface area contributed by atoms with Crippen LogP contribution in [0, 0.1) is 5.92 Å². The van der Waals surface area contributed by atoms with Crippen LogP contribution in [0.15, 0.2) is 24.5 Å². The van der Waals surface area contributed by atoms with E-state index < -0.39 is 0 Å². The van der Waals surface area contributed by atoms with Gasteiger partial charge in [-0.25, -0.2) is 0 Å². The third-order valence-corrected chi connectivity index (χ3v) is 4.09. The average molecular weight is 291 g/mol. The first-order valence-electron chi connectivity index (χ1n) is 7.63. The van der Waals surface area contributed by atoms with Gasteiger partial charge in [0.25, 0.3) is 0 Å². The highest BCUT2D eigenvalue weighted by Gasteiger charge is 2.33. The molecule has 21 heavy (non-hydrogen) atoms. The molecule has 2 rings (SSSR count). The minimum Gasteiger partial charge on any atom is -0.393 e. The molecule has 0 aliphatic heterocycles. The minimum absolute atomic E-state index is 0.0506. The summed E-state index contributed by atoms with van der Waals surface area (Å²) >= 11 is 0. The Labute approximate surface area is 126 Å². The molecule has 2 N–H and O–H groups in total. The highest BCUT2D eigenvalue weighted by Crippen LogP contribution is 2.31. The predicted molar refractivity (Wildman–Crippen MR) is 81.5 cm³/mol. The monoisotopic (exact) mass is 291 g/mol. The lowest BCUT2D eigenvalue weighted by atomic mass is 9.76. The maximum absolute atomic E-state index is 12.1. The Kier molecular flexibility index (Phi) is 5.70. The average Bonchev–Trinajstić information content (AvgIpc) is 2.42. The van der Waals surface area contributed by atoms with Crippen LogP contribution in [0.4, 0.5) is 0 Å². The standard InChI is InChI=1S/C16H25N3O2/c1-3-15(13-7-14(20)8-13)18-16(21)11-19(2)10-12-5-4-6-17-9-12/h4-6,9,13-15,20H,3,7-8,10-11H2,1-2H3,(H,18,21). The van der Waals surface area contributed by atoms with Gasteiger partial charge in [0.05, 0.1) is 12.6 Å². The van der Waals surface area contributed by atoms with E-state index in [2.05, 4.69) is 17.2 Å². The first kappa shape index (κ1) is 15.9. The SMILES string of the molecule is CCC(NC(=O)CN(C)Cc1cccnc1)C1CC(O)C1. The van der Waals surface area contributed by atoms with E-state index in [-0.39, 0.29) is 18.1 Å². The van der Waals surface area contributed by atoms with E-state index in [0.29, 0.717) is 19.0 Å². The number of aromatic nitrogens is 1. The van der Waals surface area contributed by atoms with Gasteiger partial charge in [0.2, 0.25) is 5.91 Å². The Morgan fingerprint density at radius 2 is 2.33 bits per heavy atom. The smallest absolute Gasteiger partial charge is 0.234 e. The normalized spacial score (nSPS) is 22.7. The van der Waals surface area contributed by atoms with Crippen molar-refractivity contribution < 1.29 is 9.90 Å². The van der Waals surface area contributed by atoms with Crippen LogP contribution in [0.5, 0.6) is 0 Å². The molecule has 0 radical (unpaired) electrons. The summed E-state index contributed by atoms with van der Waals surface area (Å²) in [6.45, 7) is 3.16. The Hall–Kier alpha value is -1.46. The molecular weight excluding hydrogens is 266 g/mol. The molecule has 5 nitrogen and oxygen atoms in total. The van der Waals surface area contributed by atoms with Crippen molar-refractivity contribution in [2.45, 2.75) is 44.9 Å². The summed E-state index contributed by atoms with van der Waals surface area (Å²) in [6.07, 6.45) is 5.92. The molecule has 0 saturated heterocycles. The summed E-state index contributed by atoms with van der Waals surface area (Å²) in [7, 11) is 1.93. The quantitative estimate of drug-likeness (QED) is 0.792. The lowest BCUT2D eigenvalue weighted by Crippen LogP contribution is -2.48. The maximum atomic E-state index is 12.1. The van der Waals surface area contributed by atoms with Crippen molar-refractivity contribution in [1.29, 1.82) is 0 Å². The van der Waals surface area contributed by atoms with E-state index in [9.17, 15) is 9.90 Å². The zero-order chi connectivity index (χ0) is 15.2. The third kappa shape index (κ3) is 4.79. The number of nitrogens with one attached hydrogen (secondary N) is 1. The molecule has 1 fully saturated rings. The number of likely N-dealkylation sites (N-methyl/N-ethyl adjacent to an activating group) is 1. The number of pyridine rings is 1. The molecule has 1 amide bonds. The summed E-state index contributed by atoms with van der Waals surface area (Å²) in [5.74, 6) is 0.479. The Morgan fingerprint density at radius 3 is 2.90 bits per heavy atom. The Morgan fingerprint density at radius 1 is 1.57 bits per heavy atom. The highest BCUT2D eigenvalue weighted by molar-refractivity contribution is 5.78. The summed E-state index contributed by atoms with van der Waals surface area (Å²) in [5.41, 5.74) is 1.10. The van der Waals surface area contributed by atoms with Gasteiger partial charge in [-0.15, -0.1) is 0 Å². The van der Waals surface area contributed by atoms with Crippen molar-refractivity contribution in [1.82, 2.24) is 15.2 Å². The molecule has 1 saturated carbocycles. The van der Waals surface area contributed by atoms with Crippen molar-refractivity contribution in [2.24, 2.45) is 5.92 Å². The molecule has 1 aliphatic carbocycles. The van der Waals surface area contributed by atoms with Crippen molar-refractivity contribution in [3.8, 4) is 0 Å². The zero-order valence-corrected chi connectivity index (χ0v) is 12.8. The molecule has 1 aromatic rings. The Bertz CT molecular complexity index is 446. The number of amides is 1. The van der Waals surface area contributed by atoms with Crippen molar-refractivity contribution in [3.63, 3.8) is 0 Å². The molecule has 1 aliphatic rings. The van der Waals surface area contributed by atoms with Gasteiger partial charge in [0.1, 0.15) is 0 Å². The van der Waals surface area contributed by atoms with Crippen LogP contribution in [0.3, 0.4) is 0 Å². The molecule has 116 valence electrons. The van der Waals surface area contributed by atoms with E-state index >= 15 is 0 Å². The number of rotatable bonds is 7. The molecular formula is C16H25N3O2. The van der Waals surface area contributed by atoms with Gasteiger partial charge in [-0.1, -0.05) is 13.0 Å². The van der Waals surface area contributed by atoms with Gasteiger partial charge in [-0.3, -0.25) is 14.7 Å². The Balaban J connectivity index is 1.75. The highest BCUT2D eigenvalue weighted by atomic mass is 16.3. The van der Waals surface area contributed by atoms with E-state index in [1.807, 2.05) is 30.3 Å². The van der Waals surface area contributed by atoms with Crippen LogP contribution in [0.1, 0.15) is 31.7 Å². The minimum atomic E-state index is -0.172. The van der Waals surface area contributed by atoms with Crippen LogP contribution in [-0.4, -0.2) is 46.6 Å². The van der Waals surface area contributed by atoms with Crippen LogP contribution in [-0.2, 0) is 11.3 Å². The van der Waals surface area contributed by atoms with Crippen LogP contribution >= 0.6 is 0 Å². The molecule has 0 spiro atoms. The molecule has 1 unspecified atom stereocenters. The largest absolute Gasteiger partial charge is 0.393 e. The van der Waals surface area contributed by atoms with Crippen molar-refractivity contribution in [3.05, 3.63) is 30.1 Å². The van der Waals surface area contributed by atoms with Crippen LogP contribution in [0.25, 0.3) is 0 Å². The maximum Gasteiger partial charge on any atom is 0.234 e. The number of carbonyl (C=O) groups excluding carboxylic acids is 1. The molecule has 1 heterocycles. The summed E-state index contributed by atoms with van der Waals surface area (Å²) in [6, 6.07) is 4.09. The number of hydrogen-bond acceptors (Lipinski definition) is 4. The second kappa shape index (κ2) is 7.52. The van der Waals surface area contributed by atoms with E-state index in [0.717, 1.165) is 24.8 Å². The molecule has 5 heteroatoms. The lowest BCUT2D eigenvalue weighted by Gasteiger charge is -2.37. The van der Waals surface area contributed by atoms with Gasteiger partial charge in [-0.05, 0) is 43.9 Å². The summed E-state index contributed by atoms with van der Waals surface area (Å²) < 4.78 is 0. The van der Waals surface area contributed by atoms with E-state index in [1.165, 1.54) is 0 Å². The van der Waals surface area contributed by atoms with Crippen molar-refractivity contribution in [2.75, 3.05) is 13.6 Å². The van der Waals surface area contributed by atoms with Gasteiger partial charge >= 0.3 is 0 Å². The van der Waals surface area contributed by atoms with Gasteiger partial charge in [0.15, 0.2) is 0 Å². The van der Waals surface area contributed by atoms with E-state index in [4.69, 9.17) is 0 Å². The number of aliphatic hydroxyl groups is 1. The molecule has 0 bridgehead atoms. The fraction of sp³-hybridized carbons (Fsp3) is 0.625. The van der Waals surface area contributed by atoms with E-state index in [1.54, 1.807) is 6.20 Å². The van der Waals surface area contributed by atoms with Crippen molar-refractivity contribution >= 4 is 5.91 Å². The predicted octanol–water partition coefficient (Wildman–Crippen LogP) is 1.18. The fourth-order valence-electron chi connectivity index (χ4n) is 2.87. The topological polar surface area (TPSA) is 65.5 Å². The number of aliphatic hydroxyl groups excluding tert-OH is 1. The van der Waals surface area contributed by atoms with Gasteiger partial charge < -0.3 is 10.4 Å².